The molecule has 0 bridgehead atoms. The first kappa shape index (κ1) is 13.4. The second-order valence-corrected chi connectivity index (χ2v) is 4.18. The van der Waals surface area contributed by atoms with Crippen LogP contribution in [0, 0.1) is 5.82 Å². The second-order valence-electron chi connectivity index (χ2n) is 3.78. The van der Waals surface area contributed by atoms with Gasteiger partial charge in [-0.3, -0.25) is 4.79 Å². The number of aromatic nitrogens is 2. The number of rotatable bonds is 4. The summed E-state index contributed by atoms with van der Waals surface area (Å²) < 4.78 is 17.8. The molecule has 0 saturated carbocycles. The van der Waals surface area contributed by atoms with Crippen LogP contribution in [0.2, 0.25) is 5.02 Å². The number of benzene rings is 1. The second kappa shape index (κ2) is 5.75. The maximum absolute atomic E-state index is 12.9. The van der Waals surface area contributed by atoms with E-state index in [-0.39, 0.29) is 22.8 Å². The number of Topliss-reactive ketones (excluding diaryl/α,β-unsaturated/α-hetero) is 1. The van der Waals surface area contributed by atoms with Crippen molar-refractivity contribution in [2.24, 2.45) is 0 Å². The molecule has 4 nitrogen and oxygen atoms in total. The van der Waals surface area contributed by atoms with Crippen molar-refractivity contribution < 1.29 is 13.9 Å². The lowest BCUT2D eigenvalue weighted by molar-refractivity contribution is 0.0992. The molecular formula is C13H10ClFN2O2. The van der Waals surface area contributed by atoms with E-state index in [9.17, 15) is 9.18 Å². The minimum absolute atomic E-state index is 0.0459. The minimum Gasteiger partial charge on any atom is -0.481 e. The molecule has 19 heavy (non-hydrogen) atoms. The Kier molecular flexibility index (Phi) is 4.06. The van der Waals surface area contributed by atoms with Crippen LogP contribution in [0.25, 0.3) is 0 Å². The summed E-state index contributed by atoms with van der Waals surface area (Å²) in [5, 5.41) is 0.0889. The van der Waals surface area contributed by atoms with Crippen molar-refractivity contribution in [2.45, 2.75) is 6.42 Å². The van der Waals surface area contributed by atoms with E-state index in [0.29, 0.717) is 11.6 Å². The van der Waals surface area contributed by atoms with Gasteiger partial charge in [0.1, 0.15) is 12.1 Å². The van der Waals surface area contributed by atoms with E-state index in [1.165, 1.54) is 25.6 Å². The van der Waals surface area contributed by atoms with Crippen LogP contribution in [0.5, 0.6) is 5.88 Å². The standard InChI is InChI=1S/C13H10ClFN2O2/c1-19-13-6-9(16-7-17-13)5-12(18)10-3-2-8(15)4-11(10)14/h2-4,6-7H,5H2,1H3. The third kappa shape index (κ3) is 3.26. The number of carbonyl (C=O) groups excluding carboxylic acids is 1. The number of nitrogens with zero attached hydrogens (tertiary/aromatic N) is 2. The molecule has 0 amide bonds. The lowest BCUT2D eigenvalue weighted by Crippen LogP contribution is -2.06. The first-order valence-electron chi connectivity index (χ1n) is 5.43. The highest BCUT2D eigenvalue weighted by atomic mass is 35.5. The Morgan fingerprint density at radius 3 is 2.84 bits per heavy atom. The Labute approximate surface area is 114 Å². The van der Waals surface area contributed by atoms with Crippen LogP contribution in [0.4, 0.5) is 4.39 Å². The highest BCUT2D eigenvalue weighted by molar-refractivity contribution is 6.34. The summed E-state index contributed by atoms with van der Waals surface area (Å²) in [7, 11) is 1.48. The third-order valence-electron chi connectivity index (χ3n) is 2.48. The summed E-state index contributed by atoms with van der Waals surface area (Å²) in [4.78, 5) is 19.9. The predicted octanol–water partition coefficient (Wildman–Crippen LogP) is 2.70. The monoisotopic (exact) mass is 280 g/mol. The molecule has 1 aromatic heterocycles. The van der Waals surface area contributed by atoms with Crippen LogP contribution in [-0.4, -0.2) is 22.9 Å². The number of ether oxygens (including phenoxy) is 1. The summed E-state index contributed by atoms with van der Waals surface area (Å²) in [5.74, 6) is -0.348. The van der Waals surface area contributed by atoms with Gasteiger partial charge in [0.25, 0.3) is 0 Å². The fourth-order valence-electron chi connectivity index (χ4n) is 1.56. The molecule has 0 spiro atoms. The van der Waals surface area contributed by atoms with Crippen molar-refractivity contribution in [3.05, 3.63) is 52.7 Å². The molecular weight excluding hydrogens is 271 g/mol. The van der Waals surface area contributed by atoms with Crippen molar-refractivity contribution in [3.8, 4) is 5.88 Å². The van der Waals surface area contributed by atoms with E-state index >= 15 is 0 Å². The minimum atomic E-state index is -0.481. The summed E-state index contributed by atoms with van der Waals surface area (Å²) in [6.07, 6.45) is 1.36. The molecule has 0 aliphatic heterocycles. The van der Waals surface area contributed by atoms with Gasteiger partial charge in [0.2, 0.25) is 5.88 Å². The topological polar surface area (TPSA) is 52.1 Å². The average Bonchev–Trinajstić information content (AvgIpc) is 2.38. The van der Waals surface area contributed by atoms with Crippen LogP contribution in [0.15, 0.2) is 30.6 Å². The summed E-state index contributed by atoms with van der Waals surface area (Å²) in [6.45, 7) is 0. The van der Waals surface area contributed by atoms with Gasteiger partial charge >= 0.3 is 0 Å². The SMILES string of the molecule is COc1cc(CC(=O)c2ccc(F)cc2Cl)ncn1. The quantitative estimate of drug-likeness (QED) is 0.808. The molecule has 0 atom stereocenters. The van der Waals surface area contributed by atoms with Crippen molar-refractivity contribution in [2.75, 3.05) is 7.11 Å². The molecule has 0 unspecified atom stereocenters. The Bertz CT molecular complexity index is 619. The Hall–Kier alpha value is -2.01. The molecule has 6 heteroatoms. The zero-order chi connectivity index (χ0) is 13.8. The highest BCUT2D eigenvalue weighted by Crippen LogP contribution is 2.19. The number of hydrogen-bond donors (Lipinski definition) is 0. The first-order chi connectivity index (χ1) is 9.10. The molecule has 0 aliphatic carbocycles. The lowest BCUT2D eigenvalue weighted by Gasteiger charge is -2.04. The molecule has 1 aromatic carbocycles. The zero-order valence-corrected chi connectivity index (χ0v) is 10.8. The fraction of sp³-hybridized carbons (Fsp3) is 0.154. The van der Waals surface area contributed by atoms with E-state index in [2.05, 4.69) is 9.97 Å². The molecule has 2 aromatic rings. The summed E-state index contributed by atoms with van der Waals surface area (Å²) >= 11 is 5.83. The van der Waals surface area contributed by atoms with Crippen molar-refractivity contribution in [1.82, 2.24) is 9.97 Å². The fourth-order valence-corrected chi connectivity index (χ4v) is 1.83. The van der Waals surface area contributed by atoms with E-state index in [4.69, 9.17) is 16.3 Å². The molecule has 0 saturated heterocycles. The van der Waals surface area contributed by atoms with Crippen molar-refractivity contribution in [1.29, 1.82) is 0 Å². The Morgan fingerprint density at radius 2 is 2.16 bits per heavy atom. The van der Waals surface area contributed by atoms with Crippen LogP contribution in [0.1, 0.15) is 16.1 Å². The molecule has 0 N–H and O–H groups in total. The molecule has 0 fully saturated rings. The van der Waals surface area contributed by atoms with Gasteiger partial charge in [-0.15, -0.1) is 0 Å². The number of methoxy groups -OCH3 is 1. The number of carbonyl (C=O) groups is 1. The van der Waals surface area contributed by atoms with Crippen LogP contribution in [0.3, 0.4) is 0 Å². The van der Waals surface area contributed by atoms with Crippen molar-refractivity contribution in [3.63, 3.8) is 0 Å². The molecule has 2 rings (SSSR count). The van der Waals surface area contributed by atoms with Crippen LogP contribution < -0.4 is 4.74 Å². The molecule has 0 radical (unpaired) electrons. The Morgan fingerprint density at radius 1 is 1.37 bits per heavy atom. The first-order valence-corrected chi connectivity index (χ1v) is 5.81. The van der Waals surface area contributed by atoms with Gasteiger partial charge in [0.15, 0.2) is 5.78 Å². The largest absolute Gasteiger partial charge is 0.481 e. The predicted molar refractivity (Wildman–Crippen MR) is 68.0 cm³/mol. The van der Waals surface area contributed by atoms with E-state index in [0.717, 1.165) is 6.07 Å². The van der Waals surface area contributed by atoms with Gasteiger partial charge in [-0.1, -0.05) is 11.6 Å². The third-order valence-corrected chi connectivity index (χ3v) is 2.79. The normalized spacial score (nSPS) is 10.3. The maximum Gasteiger partial charge on any atom is 0.216 e. The molecule has 98 valence electrons. The smallest absolute Gasteiger partial charge is 0.216 e. The zero-order valence-electron chi connectivity index (χ0n) is 10.1. The molecule has 1 heterocycles. The highest BCUT2D eigenvalue weighted by Gasteiger charge is 2.13. The van der Waals surface area contributed by atoms with Gasteiger partial charge < -0.3 is 4.74 Å². The summed E-state index contributed by atoms with van der Waals surface area (Å²) in [6, 6.07) is 5.22. The van der Waals surface area contributed by atoms with Gasteiger partial charge in [0.05, 0.1) is 24.2 Å². The van der Waals surface area contributed by atoms with Gasteiger partial charge in [0, 0.05) is 11.6 Å². The lowest BCUT2D eigenvalue weighted by atomic mass is 10.1. The van der Waals surface area contributed by atoms with E-state index in [1.807, 2.05) is 0 Å². The maximum atomic E-state index is 12.9. The van der Waals surface area contributed by atoms with Crippen LogP contribution in [-0.2, 0) is 6.42 Å². The number of halogens is 2. The average molecular weight is 281 g/mol. The number of ketones is 1. The van der Waals surface area contributed by atoms with Crippen LogP contribution >= 0.6 is 11.6 Å². The number of hydrogen-bond acceptors (Lipinski definition) is 4. The van der Waals surface area contributed by atoms with Gasteiger partial charge in [-0.25, -0.2) is 14.4 Å². The Balaban J connectivity index is 2.20. The van der Waals surface area contributed by atoms with Crippen molar-refractivity contribution >= 4 is 17.4 Å². The molecule has 0 aliphatic rings. The van der Waals surface area contributed by atoms with Gasteiger partial charge in [-0.2, -0.15) is 0 Å². The summed E-state index contributed by atoms with van der Waals surface area (Å²) in [5.41, 5.74) is 0.776. The van der Waals surface area contributed by atoms with E-state index < -0.39 is 5.82 Å². The van der Waals surface area contributed by atoms with Gasteiger partial charge in [-0.05, 0) is 18.2 Å². The van der Waals surface area contributed by atoms with E-state index in [1.54, 1.807) is 6.07 Å².